The fourth-order valence-electron chi connectivity index (χ4n) is 2.76. The fourth-order valence-corrected chi connectivity index (χ4v) is 2.76. The van der Waals surface area contributed by atoms with Crippen LogP contribution in [-0.4, -0.2) is 28.7 Å². The Morgan fingerprint density at radius 3 is 2.75 bits per heavy atom. The summed E-state index contributed by atoms with van der Waals surface area (Å²) in [6, 6.07) is 4.94. The van der Waals surface area contributed by atoms with Crippen LogP contribution >= 0.6 is 0 Å². The molecular weight excluding hydrogens is 256 g/mol. The topological polar surface area (TPSA) is 71.3 Å². The van der Waals surface area contributed by atoms with Crippen LogP contribution in [0.1, 0.15) is 32.1 Å². The molecule has 0 radical (unpaired) electrons. The molecule has 0 aromatic carbocycles. The molecule has 1 aromatic heterocycles. The van der Waals surface area contributed by atoms with Crippen molar-refractivity contribution >= 4 is 5.91 Å². The van der Waals surface area contributed by atoms with Gasteiger partial charge in [0.2, 0.25) is 5.91 Å². The maximum atomic E-state index is 11.8. The largest absolute Gasteiger partial charge is 0.396 e. The van der Waals surface area contributed by atoms with E-state index in [1.165, 1.54) is 10.6 Å². The Morgan fingerprint density at radius 1 is 1.35 bits per heavy atom. The second kappa shape index (κ2) is 6.70. The maximum Gasteiger partial charge on any atom is 0.250 e. The number of aliphatic hydroxyl groups is 1. The molecule has 110 valence electrons. The Labute approximate surface area is 118 Å². The second-order valence-corrected chi connectivity index (χ2v) is 5.62. The van der Waals surface area contributed by atoms with E-state index < -0.39 is 0 Å². The molecule has 1 aromatic rings. The first kappa shape index (κ1) is 14.8. The number of carbonyl (C=O) groups is 1. The standard InChI is InChI=1S/C15H22N2O3/c18-12-15(7-2-3-8-15)11-16-13(19)6-10-17-9-4-1-5-14(17)20/h1,4-5,9,18H,2-3,6-8,10-12H2,(H,16,19). The van der Waals surface area contributed by atoms with Gasteiger partial charge in [-0.1, -0.05) is 18.9 Å². The molecule has 0 bridgehead atoms. The fraction of sp³-hybridized carbons (Fsp3) is 0.600. The normalized spacial score (nSPS) is 17.1. The Hall–Kier alpha value is -1.62. The van der Waals surface area contributed by atoms with E-state index in [1.807, 2.05) is 0 Å². The number of nitrogens with zero attached hydrogens (tertiary/aromatic N) is 1. The van der Waals surface area contributed by atoms with Crippen LogP contribution in [0.25, 0.3) is 0 Å². The van der Waals surface area contributed by atoms with Crippen molar-refractivity contribution in [1.29, 1.82) is 0 Å². The zero-order valence-electron chi connectivity index (χ0n) is 11.7. The van der Waals surface area contributed by atoms with E-state index in [1.54, 1.807) is 18.3 Å². The van der Waals surface area contributed by atoms with Gasteiger partial charge in [0.05, 0.1) is 6.61 Å². The molecule has 5 nitrogen and oxygen atoms in total. The number of pyridine rings is 1. The van der Waals surface area contributed by atoms with Crippen molar-refractivity contribution < 1.29 is 9.90 Å². The highest BCUT2D eigenvalue weighted by molar-refractivity contribution is 5.75. The molecule has 0 spiro atoms. The van der Waals surface area contributed by atoms with Crippen molar-refractivity contribution in [3.8, 4) is 0 Å². The Bertz CT molecular complexity index is 504. The minimum absolute atomic E-state index is 0.0690. The zero-order valence-corrected chi connectivity index (χ0v) is 11.7. The maximum absolute atomic E-state index is 11.8. The van der Waals surface area contributed by atoms with E-state index >= 15 is 0 Å². The smallest absolute Gasteiger partial charge is 0.250 e. The zero-order chi connectivity index (χ0) is 14.4. The van der Waals surface area contributed by atoms with Crippen LogP contribution in [0.4, 0.5) is 0 Å². The van der Waals surface area contributed by atoms with E-state index in [9.17, 15) is 14.7 Å². The number of rotatable bonds is 6. The van der Waals surface area contributed by atoms with Gasteiger partial charge in [-0.25, -0.2) is 0 Å². The Balaban J connectivity index is 1.78. The van der Waals surface area contributed by atoms with Crippen molar-refractivity contribution in [3.05, 3.63) is 34.7 Å². The summed E-state index contributed by atoms with van der Waals surface area (Å²) in [4.78, 5) is 23.3. The van der Waals surface area contributed by atoms with Crippen molar-refractivity contribution in [1.82, 2.24) is 9.88 Å². The number of aliphatic hydroxyl groups excluding tert-OH is 1. The Morgan fingerprint density at radius 2 is 2.10 bits per heavy atom. The van der Waals surface area contributed by atoms with Crippen molar-refractivity contribution in [2.45, 2.75) is 38.6 Å². The second-order valence-electron chi connectivity index (χ2n) is 5.62. The van der Waals surface area contributed by atoms with Gasteiger partial charge in [0.25, 0.3) is 5.56 Å². The molecule has 1 aliphatic carbocycles. The highest BCUT2D eigenvalue weighted by Gasteiger charge is 2.33. The molecule has 0 saturated heterocycles. The molecule has 0 aliphatic heterocycles. The van der Waals surface area contributed by atoms with Crippen LogP contribution < -0.4 is 10.9 Å². The van der Waals surface area contributed by atoms with Crippen LogP contribution in [0.5, 0.6) is 0 Å². The molecule has 20 heavy (non-hydrogen) atoms. The number of carbonyl (C=O) groups excluding carboxylic acids is 1. The first-order valence-corrected chi connectivity index (χ1v) is 7.18. The predicted molar refractivity (Wildman–Crippen MR) is 76.3 cm³/mol. The molecule has 1 aliphatic rings. The van der Waals surface area contributed by atoms with Crippen LogP contribution in [0.2, 0.25) is 0 Å². The van der Waals surface area contributed by atoms with Gasteiger partial charge in [-0.2, -0.15) is 0 Å². The monoisotopic (exact) mass is 278 g/mol. The van der Waals surface area contributed by atoms with Crippen LogP contribution in [-0.2, 0) is 11.3 Å². The van der Waals surface area contributed by atoms with Crippen molar-refractivity contribution in [2.24, 2.45) is 5.41 Å². The predicted octanol–water partition coefficient (Wildman–Crippen LogP) is 0.907. The lowest BCUT2D eigenvalue weighted by atomic mass is 9.87. The van der Waals surface area contributed by atoms with Gasteiger partial charge in [-0.3, -0.25) is 9.59 Å². The minimum Gasteiger partial charge on any atom is -0.396 e. The summed E-state index contributed by atoms with van der Waals surface area (Å²) in [7, 11) is 0. The summed E-state index contributed by atoms with van der Waals surface area (Å²) in [5, 5.41) is 12.4. The first-order valence-electron chi connectivity index (χ1n) is 7.18. The average Bonchev–Trinajstić information content (AvgIpc) is 2.94. The number of aromatic nitrogens is 1. The van der Waals surface area contributed by atoms with E-state index in [0.29, 0.717) is 13.1 Å². The summed E-state index contributed by atoms with van der Waals surface area (Å²) in [5.41, 5.74) is -0.220. The molecule has 2 rings (SSSR count). The number of hydrogen-bond donors (Lipinski definition) is 2. The van der Waals surface area contributed by atoms with Gasteiger partial charge < -0.3 is 15.0 Å². The van der Waals surface area contributed by atoms with E-state index in [2.05, 4.69) is 5.32 Å². The van der Waals surface area contributed by atoms with Gasteiger partial charge in [-0.15, -0.1) is 0 Å². The molecule has 5 heteroatoms. The van der Waals surface area contributed by atoms with Crippen LogP contribution in [0.15, 0.2) is 29.2 Å². The summed E-state index contributed by atoms with van der Waals surface area (Å²) in [5.74, 6) is -0.0690. The molecule has 1 amide bonds. The minimum atomic E-state index is -0.126. The average molecular weight is 278 g/mol. The SMILES string of the molecule is O=C(CCn1ccccc1=O)NCC1(CO)CCCC1. The molecule has 2 N–H and O–H groups in total. The van der Waals surface area contributed by atoms with Gasteiger partial charge in [0, 0.05) is 37.2 Å². The lowest BCUT2D eigenvalue weighted by Crippen LogP contribution is -2.38. The van der Waals surface area contributed by atoms with Crippen LogP contribution in [0, 0.1) is 5.41 Å². The third-order valence-corrected chi connectivity index (χ3v) is 4.14. The van der Waals surface area contributed by atoms with Gasteiger partial charge in [0.1, 0.15) is 0 Å². The number of amides is 1. The number of nitrogens with one attached hydrogen (secondary N) is 1. The Kier molecular flexibility index (Phi) is 4.95. The highest BCUT2D eigenvalue weighted by Crippen LogP contribution is 2.36. The third kappa shape index (κ3) is 3.70. The molecule has 0 atom stereocenters. The van der Waals surface area contributed by atoms with Gasteiger partial charge >= 0.3 is 0 Å². The lowest BCUT2D eigenvalue weighted by molar-refractivity contribution is -0.122. The van der Waals surface area contributed by atoms with E-state index in [4.69, 9.17) is 0 Å². The first-order chi connectivity index (χ1) is 9.65. The van der Waals surface area contributed by atoms with Crippen molar-refractivity contribution in [2.75, 3.05) is 13.2 Å². The summed E-state index contributed by atoms with van der Waals surface area (Å²) in [6.45, 7) is 1.05. The third-order valence-electron chi connectivity index (χ3n) is 4.14. The quantitative estimate of drug-likeness (QED) is 0.812. The molecule has 1 heterocycles. The number of aryl methyl sites for hydroxylation is 1. The molecule has 1 saturated carbocycles. The summed E-state index contributed by atoms with van der Waals surface area (Å²) >= 11 is 0. The van der Waals surface area contributed by atoms with Gasteiger partial charge in [0.15, 0.2) is 0 Å². The molecule has 0 unspecified atom stereocenters. The molecule has 1 fully saturated rings. The number of hydrogen-bond acceptors (Lipinski definition) is 3. The highest BCUT2D eigenvalue weighted by atomic mass is 16.3. The summed E-state index contributed by atoms with van der Waals surface area (Å²) in [6.07, 6.45) is 6.16. The van der Waals surface area contributed by atoms with Crippen molar-refractivity contribution in [3.63, 3.8) is 0 Å². The lowest BCUT2D eigenvalue weighted by Gasteiger charge is -2.26. The van der Waals surface area contributed by atoms with E-state index in [-0.39, 0.29) is 29.9 Å². The van der Waals surface area contributed by atoms with E-state index in [0.717, 1.165) is 25.7 Å². The van der Waals surface area contributed by atoms with Gasteiger partial charge in [-0.05, 0) is 18.9 Å². The summed E-state index contributed by atoms with van der Waals surface area (Å²) < 4.78 is 1.52. The molecular formula is C15H22N2O3. The van der Waals surface area contributed by atoms with Crippen LogP contribution in [0.3, 0.4) is 0 Å².